The quantitative estimate of drug-likeness (QED) is 0.903. The largest absolute Gasteiger partial charge is 0.288 e. The highest BCUT2D eigenvalue weighted by atomic mass is 32.2. The summed E-state index contributed by atoms with van der Waals surface area (Å²) < 4.78 is 22.3. The van der Waals surface area contributed by atoms with Crippen LogP contribution in [0.4, 0.5) is 5.13 Å². The number of thiazole rings is 1. The molecule has 1 fully saturated rings. The van der Waals surface area contributed by atoms with Crippen LogP contribution >= 0.6 is 22.7 Å². The lowest BCUT2D eigenvalue weighted by Gasteiger charge is -2.12. The van der Waals surface area contributed by atoms with E-state index in [2.05, 4.69) is 4.98 Å². The standard InChI is InChI=1S/C13H15N3O3S3/c1-8-2-3-11(21-8)10-6-20-13(15-10)16-5-9(4-12(16)17)7-22(14,18)19/h2-3,6,9H,4-5,7H2,1H3,(H2,14,18,19). The predicted molar refractivity (Wildman–Crippen MR) is 88.6 cm³/mol. The van der Waals surface area contributed by atoms with Crippen LogP contribution in [0.3, 0.4) is 0 Å². The molecule has 0 radical (unpaired) electrons. The second-order valence-electron chi connectivity index (χ2n) is 5.33. The first kappa shape index (κ1) is 15.6. The summed E-state index contributed by atoms with van der Waals surface area (Å²) in [4.78, 5) is 20.4. The van der Waals surface area contributed by atoms with E-state index in [1.165, 1.54) is 16.2 Å². The van der Waals surface area contributed by atoms with Crippen molar-refractivity contribution in [2.24, 2.45) is 11.1 Å². The molecule has 1 aliphatic rings. The minimum absolute atomic E-state index is 0.100. The number of sulfonamides is 1. The molecule has 0 bridgehead atoms. The molecule has 0 aliphatic carbocycles. The van der Waals surface area contributed by atoms with Gasteiger partial charge in [-0.15, -0.1) is 22.7 Å². The number of rotatable bonds is 4. The maximum absolute atomic E-state index is 12.1. The molecule has 3 rings (SSSR count). The molecule has 118 valence electrons. The Labute approximate surface area is 136 Å². The Morgan fingerprint density at radius 1 is 1.45 bits per heavy atom. The molecule has 2 N–H and O–H groups in total. The molecule has 1 atom stereocenters. The lowest BCUT2D eigenvalue weighted by atomic mass is 10.1. The number of nitrogens with zero attached hydrogens (tertiary/aromatic N) is 2. The lowest BCUT2D eigenvalue weighted by Crippen LogP contribution is -2.27. The third kappa shape index (κ3) is 3.37. The van der Waals surface area contributed by atoms with Crippen molar-refractivity contribution in [3.8, 4) is 10.6 Å². The summed E-state index contributed by atoms with van der Waals surface area (Å²) in [5, 5.41) is 7.59. The SMILES string of the molecule is Cc1ccc(-c2csc(N3CC(CS(N)(=O)=O)CC3=O)n2)s1. The first-order valence-corrected chi connectivity index (χ1v) is 10.1. The van der Waals surface area contributed by atoms with Crippen LogP contribution in [0, 0.1) is 12.8 Å². The van der Waals surface area contributed by atoms with E-state index in [4.69, 9.17) is 5.14 Å². The van der Waals surface area contributed by atoms with E-state index in [0.717, 1.165) is 10.6 Å². The lowest BCUT2D eigenvalue weighted by molar-refractivity contribution is -0.117. The van der Waals surface area contributed by atoms with Gasteiger partial charge in [0, 0.05) is 29.1 Å². The zero-order valence-electron chi connectivity index (χ0n) is 11.9. The topological polar surface area (TPSA) is 93.4 Å². The van der Waals surface area contributed by atoms with Crippen LogP contribution in [0.15, 0.2) is 17.5 Å². The minimum Gasteiger partial charge on any atom is -0.288 e. The molecule has 0 spiro atoms. The van der Waals surface area contributed by atoms with Crippen LogP contribution < -0.4 is 10.0 Å². The van der Waals surface area contributed by atoms with Gasteiger partial charge in [-0.1, -0.05) is 0 Å². The van der Waals surface area contributed by atoms with Crippen LogP contribution in [0.1, 0.15) is 11.3 Å². The van der Waals surface area contributed by atoms with Gasteiger partial charge in [0.25, 0.3) is 0 Å². The molecule has 0 saturated carbocycles. The van der Waals surface area contributed by atoms with E-state index in [1.54, 1.807) is 16.2 Å². The Kier molecular flexibility index (Phi) is 4.06. The number of anilines is 1. The van der Waals surface area contributed by atoms with E-state index in [-0.39, 0.29) is 24.0 Å². The number of aromatic nitrogens is 1. The number of primary sulfonamides is 1. The third-order valence-corrected chi connectivity index (χ3v) is 6.21. The summed E-state index contributed by atoms with van der Waals surface area (Å²) in [5.74, 6) is -0.534. The van der Waals surface area contributed by atoms with Gasteiger partial charge in [-0.25, -0.2) is 18.5 Å². The van der Waals surface area contributed by atoms with Gasteiger partial charge in [-0.05, 0) is 19.1 Å². The normalized spacial score (nSPS) is 19.1. The van der Waals surface area contributed by atoms with Crippen molar-refractivity contribution in [3.63, 3.8) is 0 Å². The van der Waals surface area contributed by atoms with Crippen LogP contribution in [-0.2, 0) is 14.8 Å². The van der Waals surface area contributed by atoms with Gasteiger partial charge in [-0.3, -0.25) is 9.69 Å². The van der Waals surface area contributed by atoms with Crippen molar-refractivity contribution in [2.75, 3.05) is 17.2 Å². The number of amides is 1. The Hall–Kier alpha value is -1.29. The first-order valence-electron chi connectivity index (χ1n) is 6.65. The van der Waals surface area contributed by atoms with Crippen molar-refractivity contribution in [3.05, 3.63) is 22.4 Å². The molecule has 9 heteroatoms. The summed E-state index contributed by atoms with van der Waals surface area (Å²) in [6.07, 6.45) is 0.198. The molecule has 2 aromatic rings. The highest BCUT2D eigenvalue weighted by Gasteiger charge is 2.34. The van der Waals surface area contributed by atoms with E-state index in [0.29, 0.717) is 11.7 Å². The fourth-order valence-electron chi connectivity index (χ4n) is 2.48. The molecule has 1 saturated heterocycles. The number of thiophene rings is 1. The molecule has 0 aromatic carbocycles. The molecule has 3 heterocycles. The van der Waals surface area contributed by atoms with E-state index < -0.39 is 10.0 Å². The highest BCUT2D eigenvalue weighted by Crippen LogP contribution is 2.34. The smallest absolute Gasteiger partial charge is 0.229 e. The molecule has 1 amide bonds. The highest BCUT2D eigenvalue weighted by molar-refractivity contribution is 7.89. The van der Waals surface area contributed by atoms with Crippen LogP contribution in [0.5, 0.6) is 0 Å². The zero-order chi connectivity index (χ0) is 15.9. The molecular weight excluding hydrogens is 342 g/mol. The van der Waals surface area contributed by atoms with Gasteiger partial charge in [0.2, 0.25) is 15.9 Å². The van der Waals surface area contributed by atoms with Gasteiger partial charge in [0.1, 0.15) is 0 Å². The van der Waals surface area contributed by atoms with E-state index >= 15 is 0 Å². The maximum atomic E-state index is 12.1. The molecular formula is C13H15N3O3S3. The summed E-state index contributed by atoms with van der Waals surface area (Å²) >= 11 is 3.05. The predicted octanol–water partition coefficient (Wildman–Crippen LogP) is 1.82. The number of hydrogen-bond donors (Lipinski definition) is 1. The molecule has 1 unspecified atom stereocenters. The van der Waals surface area contributed by atoms with Crippen LogP contribution in [0.25, 0.3) is 10.6 Å². The number of aryl methyl sites for hydroxylation is 1. The minimum atomic E-state index is -3.57. The zero-order valence-corrected chi connectivity index (χ0v) is 14.3. The van der Waals surface area contributed by atoms with Gasteiger partial charge < -0.3 is 0 Å². The van der Waals surface area contributed by atoms with Gasteiger partial charge in [0.15, 0.2) is 5.13 Å². The van der Waals surface area contributed by atoms with E-state index in [1.807, 2.05) is 24.4 Å². The number of carbonyl (C=O) groups excluding carboxylic acids is 1. The summed E-state index contributed by atoms with van der Waals surface area (Å²) in [6.45, 7) is 2.38. The van der Waals surface area contributed by atoms with E-state index in [9.17, 15) is 13.2 Å². The second kappa shape index (κ2) is 5.73. The Balaban J connectivity index is 1.77. The molecule has 22 heavy (non-hydrogen) atoms. The van der Waals surface area contributed by atoms with Crippen molar-refractivity contribution < 1.29 is 13.2 Å². The first-order chi connectivity index (χ1) is 10.3. The second-order valence-corrected chi connectivity index (χ2v) is 9.11. The van der Waals surface area contributed by atoms with Crippen LogP contribution in [-0.4, -0.2) is 31.6 Å². The van der Waals surface area contributed by atoms with Gasteiger partial charge >= 0.3 is 0 Å². The monoisotopic (exact) mass is 357 g/mol. The molecule has 6 nitrogen and oxygen atoms in total. The van der Waals surface area contributed by atoms with Gasteiger partial charge in [-0.2, -0.15) is 0 Å². The molecule has 1 aliphatic heterocycles. The van der Waals surface area contributed by atoms with Crippen molar-refractivity contribution in [1.29, 1.82) is 0 Å². The van der Waals surface area contributed by atoms with Crippen molar-refractivity contribution in [2.45, 2.75) is 13.3 Å². The Morgan fingerprint density at radius 2 is 2.23 bits per heavy atom. The summed E-state index contributed by atoms with van der Waals surface area (Å²) in [6, 6.07) is 4.04. The average molecular weight is 357 g/mol. The Bertz CT molecular complexity index is 809. The number of carbonyl (C=O) groups is 1. The number of nitrogens with two attached hydrogens (primary N) is 1. The fourth-order valence-corrected chi connectivity index (χ4v) is 5.11. The van der Waals surface area contributed by atoms with Gasteiger partial charge in [0.05, 0.1) is 16.3 Å². The third-order valence-electron chi connectivity index (χ3n) is 3.39. The summed E-state index contributed by atoms with van der Waals surface area (Å²) in [5.41, 5.74) is 0.848. The average Bonchev–Trinajstić information content (AvgIpc) is 3.07. The Morgan fingerprint density at radius 3 is 2.86 bits per heavy atom. The number of hydrogen-bond acceptors (Lipinski definition) is 6. The molecule has 2 aromatic heterocycles. The summed E-state index contributed by atoms with van der Waals surface area (Å²) in [7, 11) is -3.57. The van der Waals surface area contributed by atoms with Crippen molar-refractivity contribution >= 4 is 43.7 Å². The van der Waals surface area contributed by atoms with Crippen LogP contribution in [0.2, 0.25) is 0 Å². The van der Waals surface area contributed by atoms with Crippen molar-refractivity contribution in [1.82, 2.24) is 4.98 Å². The fraction of sp³-hybridized carbons (Fsp3) is 0.385. The maximum Gasteiger partial charge on any atom is 0.229 e.